The Morgan fingerprint density at radius 1 is 0.943 bits per heavy atom. The lowest BCUT2D eigenvalue weighted by Gasteiger charge is -2.40. The van der Waals surface area contributed by atoms with Crippen LogP contribution in [-0.4, -0.2) is 87.5 Å². The summed E-state index contributed by atoms with van der Waals surface area (Å²) in [7, 11) is 0. The topological polar surface area (TPSA) is 149 Å². The third-order valence-electron chi connectivity index (χ3n) is 6.03. The first-order valence-electron chi connectivity index (χ1n) is 13.1. The molecule has 9 heteroatoms. The van der Waals surface area contributed by atoms with Gasteiger partial charge in [0.05, 0.1) is 25.4 Å². The maximum Gasteiger partial charge on any atom is 0.220 e. The lowest BCUT2D eigenvalue weighted by molar-refractivity contribution is -0.302. The first-order chi connectivity index (χ1) is 16.8. The van der Waals surface area contributed by atoms with Crippen molar-refractivity contribution < 1.29 is 39.8 Å². The van der Waals surface area contributed by atoms with Crippen molar-refractivity contribution in [2.24, 2.45) is 0 Å². The molecule has 35 heavy (non-hydrogen) atoms. The average molecular weight is 502 g/mol. The number of rotatable bonds is 18. The molecule has 1 rings (SSSR count). The van der Waals surface area contributed by atoms with E-state index in [1.54, 1.807) is 6.08 Å². The molecule has 0 saturated carbocycles. The van der Waals surface area contributed by atoms with Crippen molar-refractivity contribution in [1.82, 2.24) is 5.32 Å². The van der Waals surface area contributed by atoms with E-state index in [1.165, 1.54) is 19.3 Å². The van der Waals surface area contributed by atoms with E-state index in [0.29, 0.717) is 6.42 Å². The largest absolute Gasteiger partial charge is 0.394 e. The Bertz CT molecular complexity index is 612. The van der Waals surface area contributed by atoms with Crippen LogP contribution in [0.15, 0.2) is 24.3 Å². The van der Waals surface area contributed by atoms with Gasteiger partial charge in [-0.05, 0) is 32.1 Å². The van der Waals surface area contributed by atoms with Crippen molar-refractivity contribution in [3.63, 3.8) is 0 Å². The maximum absolute atomic E-state index is 12.4. The Kier molecular flexibility index (Phi) is 17.1. The van der Waals surface area contributed by atoms with Gasteiger partial charge in [0.15, 0.2) is 6.29 Å². The van der Waals surface area contributed by atoms with Gasteiger partial charge < -0.3 is 40.3 Å². The number of hydrogen-bond donors (Lipinski definition) is 6. The fraction of sp³-hybridized carbons (Fsp3) is 0.808. The summed E-state index contributed by atoms with van der Waals surface area (Å²) in [6, 6.07) is -0.808. The quantitative estimate of drug-likeness (QED) is 0.123. The number of hydrogen-bond acceptors (Lipinski definition) is 8. The van der Waals surface area contributed by atoms with Crippen LogP contribution in [0.5, 0.6) is 0 Å². The summed E-state index contributed by atoms with van der Waals surface area (Å²) < 4.78 is 10.9. The minimum absolute atomic E-state index is 0.203. The summed E-state index contributed by atoms with van der Waals surface area (Å²) >= 11 is 0. The lowest BCUT2D eigenvalue weighted by atomic mass is 9.99. The normalized spacial score (nSPS) is 26.9. The van der Waals surface area contributed by atoms with E-state index < -0.39 is 49.5 Å². The summed E-state index contributed by atoms with van der Waals surface area (Å²) in [5.41, 5.74) is 0. The van der Waals surface area contributed by atoms with Gasteiger partial charge in [0.25, 0.3) is 0 Å². The zero-order chi connectivity index (χ0) is 26.1. The highest BCUT2D eigenvalue weighted by atomic mass is 16.7. The van der Waals surface area contributed by atoms with Crippen LogP contribution in [0.3, 0.4) is 0 Å². The number of amides is 1. The third-order valence-corrected chi connectivity index (χ3v) is 6.03. The van der Waals surface area contributed by atoms with Crippen LogP contribution in [0, 0.1) is 0 Å². The summed E-state index contributed by atoms with van der Waals surface area (Å²) in [5.74, 6) is -0.219. The van der Waals surface area contributed by atoms with Crippen molar-refractivity contribution in [2.45, 2.75) is 121 Å². The van der Waals surface area contributed by atoms with E-state index in [0.717, 1.165) is 38.5 Å². The van der Waals surface area contributed by atoms with Crippen LogP contribution in [0.2, 0.25) is 0 Å². The molecular weight excluding hydrogens is 454 g/mol. The smallest absolute Gasteiger partial charge is 0.220 e. The van der Waals surface area contributed by atoms with E-state index in [1.807, 2.05) is 13.0 Å². The first-order valence-corrected chi connectivity index (χ1v) is 13.1. The zero-order valence-corrected chi connectivity index (χ0v) is 21.3. The number of aliphatic hydroxyl groups is 5. The van der Waals surface area contributed by atoms with Gasteiger partial charge in [0.2, 0.25) is 5.91 Å². The fourth-order valence-corrected chi connectivity index (χ4v) is 3.75. The highest BCUT2D eigenvalue weighted by molar-refractivity contribution is 5.76. The Morgan fingerprint density at radius 3 is 2.29 bits per heavy atom. The Labute approximate surface area is 209 Å². The van der Waals surface area contributed by atoms with Crippen molar-refractivity contribution >= 4 is 5.91 Å². The molecule has 1 aliphatic rings. The molecule has 1 fully saturated rings. The van der Waals surface area contributed by atoms with E-state index >= 15 is 0 Å². The van der Waals surface area contributed by atoms with Crippen LogP contribution < -0.4 is 5.32 Å². The molecule has 0 bridgehead atoms. The third kappa shape index (κ3) is 12.5. The molecule has 7 atom stereocenters. The standard InChI is InChI=1S/C26H47NO8/c1-3-5-7-8-9-10-11-12-14-15-20(29)19(27-22(30)16-13-6-4-2)18-34-26-25(33)24(32)23(31)21(17-28)35-26/h9-10,14-15,19-21,23-26,28-29,31-33H,3-8,11-13,16-18H2,1-2H3,(H,27,30)/b10-9+,15-14+. The van der Waals surface area contributed by atoms with E-state index in [-0.39, 0.29) is 12.5 Å². The zero-order valence-electron chi connectivity index (χ0n) is 21.3. The summed E-state index contributed by atoms with van der Waals surface area (Å²) in [6.07, 6.45) is 8.94. The second-order valence-corrected chi connectivity index (χ2v) is 9.13. The second kappa shape index (κ2) is 18.9. The van der Waals surface area contributed by atoms with Gasteiger partial charge in [-0.3, -0.25) is 4.79 Å². The minimum atomic E-state index is -1.56. The second-order valence-electron chi connectivity index (χ2n) is 9.13. The molecule has 0 radical (unpaired) electrons. The molecule has 0 spiro atoms. The number of allylic oxidation sites excluding steroid dienone is 3. The lowest BCUT2D eigenvalue weighted by Crippen LogP contribution is -2.60. The number of carbonyl (C=O) groups is 1. The molecule has 1 amide bonds. The Morgan fingerprint density at radius 2 is 1.60 bits per heavy atom. The van der Waals surface area contributed by atoms with Crippen LogP contribution in [0.1, 0.15) is 78.1 Å². The molecule has 0 aromatic carbocycles. The van der Waals surface area contributed by atoms with E-state index in [9.17, 15) is 30.3 Å². The number of nitrogens with one attached hydrogen (secondary N) is 1. The predicted molar refractivity (Wildman–Crippen MR) is 133 cm³/mol. The fourth-order valence-electron chi connectivity index (χ4n) is 3.75. The number of ether oxygens (including phenoxy) is 2. The molecule has 6 N–H and O–H groups in total. The number of aliphatic hydroxyl groups excluding tert-OH is 5. The van der Waals surface area contributed by atoms with Gasteiger partial charge >= 0.3 is 0 Å². The van der Waals surface area contributed by atoms with Gasteiger partial charge in [0, 0.05) is 6.42 Å². The van der Waals surface area contributed by atoms with Gasteiger partial charge in [-0.15, -0.1) is 0 Å². The molecule has 204 valence electrons. The van der Waals surface area contributed by atoms with Gasteiger partial charge in [-0.25, -0.2) is 0 Å². The van der Waals surface area contributed by atoms with Crippen LogP contribution in [-0.2, 0) is 14.3 Å². The number of carbonyl (C=O) groups excluding carboxylic acids is 1. The molecule has 7 unspecified atom stereocenters. The van der Waals surface area contributed by atoms with Gasteiger partial charge in [0.1, 0.15) is 24.4 Å². The van der Waals surface area contributed by atoms with Crippen molar-refractivity contribution in [2.75, 3.05) is 13.2 Å². The van der Waals surface area contributed by atoms with Crippen LogP contribution in [0.4, 0.5) is 0 Å². The van der Waals surface area contributed by atoms with Crippen LogP contribution in [0.25, 0.3) is 0 Å². The average Bonchev–Trinajstić information content (AvgIpc) is 2.85. The van der Waals surface area contributed by atoms with E-state index in [2.05, 4.69) is 24.4 Å². The molecule has 0 aromatic rings. The highest BCUT2D eigenvalue weighted by Gasteiger charge is 2.44. The van der Waals surface area contributed by atoms with Gasteiger partial charge in [-0.1, -0.05) is 63.8 Å². The monoisotopic (exact) mass is 501 g/mol. The molecular formula is C26H47NO8. The summed E-state index contributed by atoms with van der Waals surface area (Å²) in [4.78, 5) is 12.4. The molecule has 0 aliphatic carbocycles. The highest BCUT2D eigenvalue weighted by Crippen LogP contribution is 2.22. The molecule has 1 aliphatic heterocycles. The molecule has 9 nitrogen and oxygen atoms in total. The Balaban J connectivity index is 2.66. The van der Waals surface area contributed by atoms with Gasteiger partial charge in [-0.2, -0.15) is 0 Å². The van der Waals surface area contributed by atoms with E-state index in [4.69, 9.17) is 9.47 Å². The maximum atomic E-state index is 12.4. The predicted octanol–water partition coefficient (Wildman–Crippen LogP) is 1.70. The first kappa shape index (κ1) is 31.7. The van der Waals surface area contributed by atoms with Crippen LogP contribution >= 0.6 is 0 Å². The summed E-state index contributed by atoms with van der Waals surface area (Å²) in [6.45, 7) is 3.45. The SMILES string of the molecule is CCCCC/C=C/CC/C=C/C(O)C(COC1OC(CO)C(O)C(O)C1O)NC(=O)CCCCC. The van der Waals surface area contributed by atoms with Crippen molar-refractivity contribution in [1.29, 1.82) is 0 Å². The summed E-state index contributed by atoms with van der Waals surface area (Å²) in [5, 5.41) is 52.8. The number of unbranched alkanes of at least 4 members (excludes halogenated alkanes) is 6. The molecule has 0 aromatic heterocycles. The molecule has 1 heterocycles. The van der Waals surface area contributed by atoms with Crippen molar-refractivity contribution in [3.05, 3.63) is 24.3 Å². The Hall–Kier alpha value is -1.33. The molecule has 1 saturated heterocycles. The van der Waals surface area contributed by atoms with Crippen molar-refractivity contribution in [3.8, 4) is 0 Å². The minimum Gasteiger partial charge on any atom is -0.394 e.